The Morgan fingerprint density at radius 3 is 1.11 bits per heavy atom. The van der Waals surface area contributed by atoms with E-state index < -0.39 is 0 Å². The van der Waals surface area contributed by atoms with Crippen molar-refractivity contribution in [3.05, 3.63) is 48.6 Å². The van der Waals surface area contributed by atoms with E-state index in [1.54, 1.807) is 6.08 Å². The maximum absolute atomic E-state index is 3.48. The molecule has 0 aliphatic rings. The van der Waals surface area contributed by atoms with E-state index in [1.807, 2.05) is 19.9 Å². The van der Waals surface area contributed by atoms with E-state index in [4.69, 9.17) is 0 Å². The highest BCUT2D eigenvalue weighted by Gasteiger charge is 1.67. The summed E-state index contributed by atoms with van der Waals surface area (Å²) >= 11 is 0. The Kier molecular flexibility index (Phi) is 42.5. The van der Waals surface area contributed by atoms with Crippen molar-refractivity contribution in [2.75, 3.05) is 0 Å². The number of allylic oxidation sites excluding steroid dienone is 6. The summed E-state index contributed by atoms with van der Waals surface area (Å²) in [4.78, 5) is 0. The van der Waals surface area contributed by atoms with E-state index in [-0.39, 0.29) is 0 Å². The molecule has 18 heavy (non-hydrogen) atoms. The highest BCUT2D eigenvalue weighted by Crippen LogP contribution is 1.89. The fourth-order valence-corrected chi connectivity index (χ4v) is 0.408. The number of hydrogen-bond donors (Lipinski definition) is 0. The summed E-state index contributed by atoms with van der Waals surface area (Å²) in [5, 5.41) is 0. The summed E-state index contributed by atoms with van der Waals surface area (Å²) in [6.07, 6.45) is 10.2. The lowest BCUT2D eigenvalue weighted by Crippen LogP contribution is -1.58. The fraction of sp³-hybridized carbons (Fsp3) is 0.556. The van der Waals surface area contributed by atoms with Gasteiger partial charge in [0.25, 0.3) is 0 Å². The maximum Gasteiger partial charge on any atom is -0.0377 e. The molecule has 0 rings (SSSR count). The zero-order valence-corrected chi connectivity index (χ0v) is 14.1. The zero-order valence-electron chi connectivity index (χ0n) is 14.1. The SMILES string of the molecule is C=CC.C=CCC.CC=C(C)C.CCC=C(C)C. The Labute approximate surface area is 117 Å². The van der Waals surface area contributed by atoms with Gasteiger partial charge in [-0.1, -0.05) is 49.3 Å². The third-order valence-electron chi connectivity index (χ3n) is 1.48. The van der Waals surface area contributed by atoms with Gasteiger partial charge in [-0.05, 0) is 54.4 Å². The van der Waals surface area contributed by atoms with Crippen molar-refractivity contribution in [3.8, 4) is 0 Å². The van der Waals surface area contributed by atoms with Gasteiger partial charge in [0.2, 0.25) is 0 Å². The van der Waals surface area contributed by atoms with Crippen LogP contribution in [0.1, 0.15) is 68.2 Å². The molecule has 0 N–H and O–H groups in total. The molecule has 0 unspecified atom stereocenters. The molecule has 0 fully saturated rings. The summed E-state index contributed by atoms with van der Waals surface area (Å²) in [6, 6.07) is 0. The molecule has 0 heteroatoms. The third-order valence-corrected chi connectivity index (χ3v) is 1.48. The van der Waals surface area contributed by atoms with Gasteiger partial charge < -0.3 is 0 Å². The Morgan fingerprint density at radius 2 is 1.11 bits per heavy atom. The van der Waals surface area contributed by atoms with Gasteiger partial charge >= 0.3 is 0 Å². The van der Waals surface area contributed by atoms with E-state index in [0.717, 1.165) is 6.42 Å². The van der Waals surface area contributed by atoms with Crippen LogP contribution in [0.4, 0.5) is 0 Å². The smallest absolute Gasteiger partial charge is 0.0377 e. The predicted molar refractivity (Wildman–Crippen MR) is 91.2 cm³/mol. The molecule has 0 bridgehead atoms. The molecule has 0 heterocycles. The lowest BCUT2D eigenvalue weighted by atomic mass is 10.3. The first-order valence-corrected chi connectivity index (χ1v) is 6.78. The van der Waals surface area contributed by atoms with Gasteiger partial charge in [0, 0.05) is 0 Å². The molecule has 0 saturated carbocycles. The third kappa shape index (κ3) is 119. The molecule has 0 aromatic rings. The predicted octanol–water partition coefficient (Wildman–Crippen LogP) is 7.11. The molecule has 0 amide bonds. The lowest BCUT2D eigenvalue weighted by molar-refractivity contribution is 1.18. The summed E-state index contributed by atoms with van der Waals surface area (Å²) in [6.45, 7) is 23.4. The van der Waals surface area contributed by atoms with Crippen LogP contribution >= 0.6 is 0 Å². The van der Waals surface area contributed by atoms with Gasteiger partial charge in [0.15, 0.2) is 0 Å². The van der Waals surface area contributed by atoms with Gasteiger partial charge in [-0.2, -0.15) is 0 Å². The second-order valence-electron chi connectivity index (χ2n) is 4.16. The van der Waals surface area contributed by atoms with Crippen molar-refractivity contribution < 1.29 is 0 Å². The van der Waals surface area contributed by atoms with E-state index in [1.165, 1.54) is 17.6 Å². The standard InChI is InChI=1S/C6H12.C5H10.C4H8.C3H6/c1-4-5-6(2)3;1-4-5(2)3;1-3-4-2;1-3-2/h5H,4H2,1-3H3;4H,1-3H3;3H,1,4H2,2H3;3H,1H2,2H3. The molecule has 0 aromatic heterocycles. The van der Waals surface area contributed by atoms with E-state index >= 15 is 0 Å². The van der Waals surface area contributed by atoms with Crippen molar-refractivity contribution in [1.82, 2.24) is 0 Å². The van der Waals surface area contributed by atoms with Gasteiger partial charge in [-0.25, -0.2) is 0 Å². The van der Waals surface area contributed by atoms with Crippen LogP contribution in [0.3, 0.4) is 0 Å². The number of rotatable bonds is 2. The molecule has 0 aliphatic heterocycles. The normalized spacial score (nSPS) is 6.67. The average molecular weight is 252 g/mol. The zero-order chi connectivity index (χ0) is 15.4. The van der Waals surface area contributed by atoms with Crippen molar-refractivity contribution in [2.24, 2.45) is 0 Å². The highest BCUT2D eigenvalue weighted by molar-refractivity contribution is 4.91. The first-order chi connectivity index (χ1) is 8.37. The van der Waals surface area contributed by atoms with Gasteiger partial charge in [-0.15, -0.1) is 13.2 Å². The highest BCUT2D eigenvalue weighted by atomic mass is 13.7. The minimum absolute atomic E-state index is 1.08. The summed E-state index contributed by atoms with van der Waals surface area (Å²) < 4.78 is 0. The number of hydrogen-bond acceptors (Lipinski definition) is 0. The van der Waals surface area contributed by atoms with E-state index in [2.05, 4.69) is 66.9 Å². The molecular formula is C18H36. The van der Waals surface area contributed by atoms with Gasteiger partial charge in [-0.3, -0.25) is 0 Å². The monoisotopic (exact) mass is 252 g/mol. The molecule has 108 valence electrons. The molecule has 0 atom stereocenters. The summed E-state index contributed by atoms with van der Waals surface area (Å²) in [5.74, 6) is 0. The minimum Gasteiger partial charge on any atom is -0.103 e. The summed E-state index contributed by atoms with van der Waals surface area (Å²) in [5.41, 5.74) is 2.79. The second kappa shape index (κ2) is 29.7. The molecule has 0 spiro atoms. The maximum atomic E-state index is 3.48. The van der Waals surface area contributed by atoms with Crippen LogP contribution in [0, 0.1) is 0 Å². The second-order valence-corrected chi connectivity index (χ2v) is 4.16. The van der Waals surface area contributed by atoms with Crippen molar-refractivity contribution in [3.63, 3.8) is 0 Å². The first-order valence-electron chi connectivity index (χ1n) is 6.78. The quantitative estimate of drug-likeness (QED) is 0.459. The van der Waals surface area contributed by atoms with Crippen LogP contribution in [0.25, 0.3) is 0 Å². The summed E-state index contributed by atoms with van der Waals surface area (Å²) in [7, 11) is 0. The first kappa shape index (κ1) is 25.7. The van der Waals surface area contributed by atoms with Gasteiger partial charge in [0.1, 0.15) is 0 Å². The molecular weight excluding hydrogens is 216 g/mol. The minimum atomic E-state index is 1.08. The van der Waals surface area contributed by atoms with Crippen LogP contribution in [-0.4, -0.2) is 0 Å². The molecule has 0 saturated heterocycles. The molecule has 0 aromatic carbocycles. The van der Waals surface area contributed by atoms with Crippen molar-refractivity contribution >= 4 is 0 Å². The van der Waals surface area contributed by atoms with Crippen molar-refractivity contribution in [1.29, 1.82) is 0 Å². The Hall–Kier alpha value is -1.04. The van der Waals surface area contributed by atoms with E-state index in [9.17, 15) is 0 Å². The molecule has 0 radical (unpaired) electrons. The van der Waals surface area contributed by atoms with Crippen LogP contribution in [0.15, 0.2) is 48.6 Å². The van der Waals surface area contributed by atoms with Crippen LogP contribution in [0.2, 0.25) is 0 Å². The Bertz CT molecular complexity index is 196. The Morgan fingerprint density at radius 1 is 0.833 bits per heavy atom. The largest absolute Gasteiger partial charge is 0.103 e. The Balaban J connectivity index is -0.0000000750. The molecule has 0 nitrogen and oxygen atoms in total. The lowest BCUT2D eigenvalue weighted by Gasteiger charge is -1.80. The van der Waals surface area contributed by atoms with Crippen LogP contribution in [0.5, 0.6) is 0 Å². The fourth-order valence-electron chi connectivity index (χ4n) is 0.408. The van der Waals surface area contributed by atoms with Crippen molar-refractivity contribution in [2.45, 2.75) is 68.2 Å². The topological polar surface area (TPSA) is 0 Å². The van der Waals surface area contributed by atoms with Crippen LogP contribution in [-0.2, 0) is 0 Å². The van der Waals surface area contributed by atoms with E-state index in [0.29, 0.717) is 0 Å². The van der Waals surface area contributed by atoms with Gasteiger partial charge in [0.05, 0.1) is 0 Å². The molecule has 0 aliphatic carbocycles. The van der Waals surface area contributed by atoms with Crippen LogP contribution < -0.4 is 0 Å². The average Bonchev–Trinajstić information content (AvgIpc) is 2.31.